The SMILES string of the molecule is CCCCCCCCCCCCCCCC(O)[C@H](COCCC(O)CC(O)(CO)CO)NC(=O)c1ccc(C)cc1. The van der Waals surface area contributed by atoms with Crippen LogP contribution in [-0.4, -0.2) is 81.7 Å². The van der Waals surface area contributed by atoms with E-state index >= 15 is 0 Å². The number of carbonyl (C=O) groups is 1. The van der Waals surface area contributed by atoms with Crippen LogP contribution in [0.5, 0.6) is 0 Å². The molecule has 8 nitrogen and oxygen atoms in total. The molecule has 0 radical (unpaired) electrons. The van der Waals surface area contributed by atoms with Crippen LogP contribution >= 0.6 is 0 Å². The molecule has 0 aliphatic carbocycles. The van der Waals surface area contributed by atoms with E-state index in [2.05, 4.69) is 12.2 Å². The minimum absolute atomic E-state index is 0.0776. The molecular formula is C33H59NO7. The lowest BCUT2D eigenvalue weighted by Crippen LogP contribution is -2.46. The van der Waals surface area contributed by atoms with Gasteiger partial charge in [0.2, 0.25) is 0 Å². The second-order valence-corrected chi connectivity index (χ2v) is 11.8. The summed E-state index contributed by atoms with van der Waals surface area (Å²) in [6.07, 6.45) is 15.1. The number of benzene rings is 1. The van der Waals surface area contributed by atoms with Gasteiger partial charge in [-0.15, -0.1) is 0 Å². The van der Waals surface area contributed by atoms with E-state index in [4.69, 9.17) is 4.74 Å². The van der Waals surface area contributed by atoms with Crippen LogP contribution in [-0.2, 0) is 4.74 Å². The normalized spacial score (nSPS) is 14.1. The fourth-order valence-electron chi connectivity index (χ4n) is 4.93. The molecule has 1 aromatic carbocycles. The van der Waals surface area contributed by atoms with Crippen LogP contribution in [0.15, 0.2) is 24.3 Å². The Hall–Kier alpha value is -1.55. The van der Waals surface area contributed by atoms with Crippen molar-refractivity contribution >= 4 is 5.91 Å². The molecule has 0 aliphatic heterocycles. The largest absolute Gasteiger partial charge is 0.393 e. The molecule has 0 heterocycles. The Morgan fingerprint density at radius 3 is 1.85 bits per heavy atom. The van der Waals surface area contributed by atoms with Crippen molar-refractivity contribution in [3.63, 3.8) is 0 Å². The van der Waals surface area contributed by atoms with Gasteiger partial charge in [-0.2, -0.15) is 0 Å². The molecule has 0 bridgehead atoms. The molecule has 0 saturated carbocycles. The highest BCUT2D eigenvalue weighted by Gasteiger charge is 2.28. The summed E-state index contributed by atoms with van der Waals surface area (Å²) in [6.45, 7) is 3.11. The molecule has 0 aromatic heterocycles. The number of amides is 1. The van der Waals surface area contributed by atoms with Gasteiger partial charge in [0.05, 0.1) is 38.1 Å². The summed E-state index contributed by atoms with van der Waals surface area (Å²) in [7, 11) is 0. The number of carbonyl (C=O) groups excluding carboxylic acids is 1. The average Bonchev–Trinajstić information content (AvgIpc) is 2.97. The summed E-state index contributed by atoms with van der Waals surface area (Å²) < 4.78 is 5.70. The number of aliphatic hydroxyl groups excluding tert-OH is 4. The number of hydrogen-bond acceptors (Lipinski definition) is 7. The van der Waals surface area contributed by atoms with Gasteiger partial charge in [-0.25, -0.2) is 0 Å². The maximum Gasteiger partial charge on any atom is 0.251 e. The summed E-state index contributed by atoms with van der Waals surface area (Å²) >= 11 is 0. The van der Waals surface area contributed by atoms with Crippen LogP contribution in [0.2, 0.25) is 0 Å². The molecule has 0 saturated heterocycles. The van der Waals surface area contributed by atoms with Crippen LogP contribution in [0.3, 0.4) is 0 Å². The van der Waals surface area contributed by atoms with Crippen molar-refractivity contribution in [1.82, 2.24) is 5.32 Å². The average molecular weight is 582 g/mol. The first-order valence-electron chi connectivity index (χ1n) is 16.0. The molecule has 2 unspecified atom stereocenters. The van der Waals surface area contributed by atoms with Gasteiger partial charge in [-0.05, 0) is 31.9 Å². The number of aryl methyl sites for hydroxylation is 1. The zero-order valence-corrected chi connectivity index (χ0v) is 25.7. The Bertz CT molecular complexity index is 769. The van der Waals surface area contributed by atoms with E-state index in [1.165, 1.54) is 64.2 Å². The Kier molecular flexibility index (Phi) is 21.0. The molecule has 3 atom stereocenters. The van der Waals surface area contributed by atoms with E-state index < -0.39 is 37.1 Å². The third kappa shape index (κ3) is 17.9. The lowest BCUT2D eigenvalue weighted by Gasteiger charge is -2.27. The van der Waals surface area contributed by atoms with Gasteiger partial charge in [-0.3, -0.25) is 4.79 Å². The Morgan fingerprint density at radius 2 is 1.34 bits per heavy atom. The van der Waals surface area contributed by atoms with Crippen LogP contribution < -0.4 is 5.32 Å². The fraction of sp³-hybridized carbons (Fsp3) is 0.788. The van der Waals surface area contributed by atoms with Crippen molar-refractivity contribution in [2.45, 2.75) is 140 Å². The number of rotatable bonds is 26. The monoisotopic (exact) mass is 581 g/mol. The Balaban J connectivity index is 2.41. The standard InChI is InChI=1S/C33H59NO7/c1-3-4-5-6-7-8-9-10-11-12-13-14-15-16-31(38)30(34-32(39)28-19-17-27(2)18-20-28)24-41-22-21-29(37)23-33(40,25-35)26-36/h17-20,29-31,35-38,40H,3-16,21-26H2,1-2H3,(H,34,39)/t29?,30-,31?/m0/s1. The zero-order valence-electron chi connectivity index (χ0n) is 25.7. The smallest absolute Gasteiger partial charge is 0.251 e. The number of aliphatic hydroxyl groups is 5. The van der Waals surface area contributed by atoms with Crippen LogP contribution in [0.4, 0.5) is 0 Å². The topological polar surface area (TPSA) is 139 Å². The van der Waals surface area contributed by atoms with Gasteiger partial charge in [0, 0.05) is 18.6 Å². The molecule has 0 fully saturated rings. The van der Waals surface area contributed by atoms with Gasteiger partial charge < -0.3 is 35.6 Å². The molecule has 1 amide bonds. The third-order valence-electron chi connectivity index (χ3n) is 7.80. The number of nitrogens with one attached hydrogen (secondary N) is 1. The quantitative estimate of drug-likeness (QED) is 0.0863. The Morgan fingerprint density at radius 1 is 0.829 bits per heavy atom. The summed E-state index contributed by atoms with van der Waals surface area (Å²) in [5, 5.41) is 52.4. The van der Waals surface area contributed by atoms with Crippen molar-refractivity contribution in [3.05, 3.63) is 35.4 Å². The van der Waals surface area contributed by atoms with Crippen molar-refractivity contribution in [2.75, 3.05) is 26.4 Å². The van der Waals surface area contributed by atoms with Crippen LogP contribution in [0.25, 0.3) is 0 Å². The van der Waals surface area contributed by atoms with Crippen molar-refractivity contribution in [2.24, 2.45) is 0 Å². The number of unbranched alkanes of at least 4 members (excludes halogenated alkanes) is 12. The molecule has 0 spiro atoms. The highest BCUT2D eigenvalue weighted by Crippen LogP contribution is 2.16. The first kappa shape index (κ1) is 37.5. The summed E-state index contributed by atoms with van der Waals surface area (Å²) in [4.78, 5) is 12.8. The summed E-state index contributed by atoms with van der Waals surface area (Å²) in [5.74, 6) is -0.279. The van der Waals surface area contributed by atoms with E-state index in [1.54, 1.807) is 12.1 Å². The molecule has 1 rings (SSSR count). The van der Waals surface area contributed by atoms with E-state index in [0.29, 0.717) is 12.0 Å². The number of hydrogen-bond donors (Lipinski definition) is 6. The van der Waals surface area contributed by atoms with E-state index in [0.717, 1.165) is 24.8 Å². The molecule has 41 heavy (non-hydrogen) atoms. The predicted molar refractivity (Wildman–Crippen MR) is 164 cm³/mol. The maximum atomic E-state index is 12.8. The van der Waals surface area contributed by atoms with Crippen LogP contribution in [0, 0.1) is 6.92 Å². The van der Waals surface area contributed by atoms with Crippen molar-refractivity contribution < 1.29 is 35.1 Å². The van der Waals surface area contributed by atoms with Gasteiger partial charge in [0.15, 0.2) is 0 Å². The lowest BCUT2D eigenvalue weighted by atomic mass is 9.97. The molecule has 6 N–H and O–H groups in total. The molecular weight excluding hydrogens is 522 g/mol. The van der Waals surface area contributed by atoms with Crippen molar-refractivity contribution in [1.29, 1.82) is 0 Å². The van der Waals surface area contributed by atoms with E-state index in [-0.39, 0.29) is 32.0 Å². The molecule has 238 valence electrons. The Labute approximate surface area is 248 Å². The molecule has 1 aromatic rings. The second kappa shape index (κ2) is 23.0. The maximum absolute atomic E-state index is 12.8. The van der Waals surface area contributed by atoms with Gasteiger partial charge in [0.1, 0.15) is 5.60 Å². The minimum atomic E-state index is -1.74. The van der Waals surface area contributed by atoms with Crippen molar-refractivity contribution in [3.8, 4) is 0 Å². The second-order valence-electron chi connectivity index (χ2n) is 11.8. The lowest BCUT2D eigenvalue weighted by molar-refractivity contribution is -0.0858. The first-order chi connectivity index (χ1) is 19.7. The van der Waals surface area contributed by atoms with Gasteiger partial charge in [-0.1, -0.05) is 108 Å². The fourth-order valence-corrected chi connectivity index (χ4v) is 4.93. The minimum Gasteiger partial charge on any atom is -0.393 e. The zero-order chi connectivity index (χ0) is 30.3. The van der Waals surface area contributed by atoms with E-state index in [1.807, 2.05) is 19.1 Å². The van der Waals surface area contributed by atoms with Gasteiger partial charge >= 0.3 is 0 Å². The number of ether oxygens (including phenoxy) is 1. The van der Waals surface area contributed by atoms with E-state index in [9.17, 15) is 30.3 Å². The molecule has 0 aliphatic rings. The van der Waals surface area contributed by atoms with Gasteiger partial charge in [0.25, 0.3) is 5.91 Å². The third-order valence-corrected chi connectivity index (χ3v) is 7.80. The molecule has 8 heteroatoms. The summed E-state index contributed by atoms with van der Waals surface area (Å²) in [6, 6.07) is 6.63. The predicted octanol–water partition coefficient (Wildman–Crippen LogP) is 4.81. The highest BCUT2D eigenvalue weighted by atomic mass is 16.5. The first-order valence-corrected chi connectivity index (χ1v) is 16.0. The van der Waals surface area contributed by atoms with Crippen LogP contribution in [0.1, 0.15) is 126 Å². The summed E-state index contributed by atoms with van der Waals surface area (Å²) in [5.41, 5.74) is -0.179. The highest BCUT2D eigenvalue weighted by molar-refractivity contribution is 5.94.